The standard InChI is InChI=1S/C20H25NO5S/c1-15(2)13-21(20(22)17-8-6-5-7-9-17)14-16-10-11-18(25-3)19(12-16)26-27(4,23)24/h5-12,15H,13-14H2,1-4H3. The number of benzene rings is 2. The van der Waals surface area contributed by atoms with Crippen molar-refractivity contribution in [3.8, 4) is 11.5 Å². The molecule has 2 aromatic rings. The van der Waals surface area contributed by atoms with E-state index in [0.717, 1.165) is 11.8 Å². The Kier molecular flexibility index (Phi) is 6.85. The van der Waals surface area contributed by atoms with E-state index in [1.165, 1.54) is 7.11 Å². The molecule has 0 atom stereocenters. The lowest BCUT2D eigenvalue weighted by Crippen LogP contribution is -2.33. The van der Waals surface area contributed by atoms with Crippen LogP contribution in [0.4, 0.5) is 0 Å². The van der Waals surface area contributed by atoms with E-state index in [2.05, 4.69) is 0 Å². The van der Waals surface area contributed by atoms with E-state index >= 15 is 0 Å². The summed E-state index contributed by atoms with van der Waals surface area (Å²) in [6.45, 7) is 4.98. The zero-order valence-electron chi connectivity index (χ0n) is 16.0. The SMILES string of the molecule is COc1ccc(CN(CC(C)C)C(=O)c2ccccc2)cc1OS(C)(=O)=O. The van der Waals surface area contributed by atoms with E-state index in [4.69, 9.17) is 8.92 Å². The third-order valence-electron chi connectivity index (χ3n) is 3.74. The van der Waals surface area contributed by atoms with Gasteiger partial charge in [0.15, 0.2) is 11.5 Å². The maximum absolute atomic E-state index is 12.9. The van der Waals surface area contributed by atoms with Gasteiger partial charge in [0.05, 0.1) is 13.4 Å². The number of rotatable bonds is 8. The molecule has 0 aliphatic heterocycles. The van der Waals surface area contributed by atoms with Crippen molar-refractivity contribution in [3.05, 3.63) is 59.7 Å². The van der Waals surface area contributed by atoms with Crippen LogP contribution in [-0.4, -0.2) is 39.1 Å². The molecule has 1 amide bonds. The summed E-state index contributed by atoms with van der Waals surface area (Å²) in [5.74, 6) is 0.622. The topological polar surface area (TPSA) is 72.9 Å². The molecule has 0 fully saturated rings. The Hall–Kier alpha value is -2.54. The Balaban J connectivity index is 2.31. The molecule has 0 aliphatic rings. The van der Waals surface area contributed by atoms with Crippen LogP contribution in [-0.2, 0) is 16.7 Å². The number of hydrogen-bond acceptors (Lipinski definition) is 5. The molecule has 0 radical (unpaired) electrons. The second-order valence-electron chi connectivity index (χ2n) is 6.72. The average Bonchev–Trinajstić information content (AvgIpc) is 2.60. The van der Waals surface area contributed by atoms with Gasteiger partial charge in [0.1, 0.15) is 0 Å². The number of methoxy groups -OCH3 is 1. The third kappa shape index (κ3) is 6.29. The fourth-order valence-electron chi connectivity index (χ4n) is 2.69. The molecule has 2 aromatic carbocycles. The average molecular weight is 391 g/mol. The Bertz CT molecular complexity index is 879. The van der Waals surface area contributed by atoms with Gasteiger partial charge in [-0.05, 0) is 35.7 Å². The molecule has 6 nitrogen and oxygen atoms in total. The van der Waals surface area contributed by atoms with Crippen molar-refractivity contribution >= 4 is 16.0 Å². The van der Waals surface area contributed by atoms with Crippen LogP contribution >= 0.6 is 0 Å². The largest absolute Gasteiger partial charge is 0.493 e. The Morgan fingerprint density at radius 2 is 1.74 bits per heavy atom. The molecule has 0 aliphatic carbocycles. The predicted molar refractivity (Wildman–Crippen MR) is 104 cm³/mol. The van der Waals surface area contributed by atoms with Crippen molar-refractivity contribution in [3.63, 3.8) is 0 Å². The first-order valence-corrected chi connectivity index (χ1v) is 10.4. The first-order chi connectivity index (χ1) is 12.7. The minimum Gasteiger partial charge on any atom is -0.493 e. The van der Waals surface area contributed by atoms with Gasteiger partial charge in [-0.3, -0.25) is 4.79 Å². The highest BCUT2D eigenvalue weighted by Gasteiger charge is 2.19. The monoisotopic (exact) mass is 391 g/mol. The molecule has 0 bridgehead atoms. The van der Waals surface area contributed by atoms with Crippen LogP contribution < -0.4 is 8.92 Å². The molecule has 0 aromatic heterocycles. The van der Waals surface area contributed by atoms with Crippen molar-refractivity contribution < 1.29 is 22.1 Å². The summed E-state index contributed by atoms with van der Waals surface area (Å²) in [6.07, 6.45) is 0.975. The van der Waals surface area contributed by atoms with E-state index < -0.39 is 10.1 Å². The summed E-state index contributed by atoms with van der Waals surface area (Å²) < 4.78 is 33.2. The molecule has 0 unspecified atom stereocenters. The van der Waals surface area contributed by atoms with Crippen LogP contribution in [0.25, 0.3) is 0 Å². The zero-order valence-corrected chi connectivity index (χ0v) is 16.8. The third-order valence-corrected chi connectivity index (χ3v) is 4.22. The molecule has 0 heterocycles. The molecule has 0 N–H and O–H groups in total. The van der Waals surface area contributed by atoms with Crippen molar-refractivity contribution in [1.82, 2.24) is 4.90 Å². The van der Waals surface area contributed by atoms with Crippen LogP contribution in [0.5, 0.6) is 11.5 Å². The van der Waals surface area contributed by atoms with Crippen LogP contribution in [0, 0.1) is 5.92 Å². The van der Waals surface area contributed by atoms with Crippen molar-refractivity contribution in [1.29, 1.82) is 0 Å². The second-order valence-corrected chi connectivity index (χ2v) is 8.29. The van der Waals surface area contributed by atoms with E-state index in [0.29, 0.717) is 24.4 Å². The highest BCUT2D eigenvalue weighted by molar-refractivity contribution is 7.86. The Morgan fingerprint density at radius 3 is 2.30 bits per heavy atom. The van der Waals surface area contributed by atoms with E-state index in [1.807, 2.05) is 32.0 Å². The summed E-state index contributed by atoms with van der Waals surface area (Å²) in [5.41, 5.74) is 1.36. The number of hydrogen-bond donors (Lipinski definition) is 0. The molecule has 7 heteroatoms. The van der Waals surface area contributed by atoms with Crippen LogP contribution in [0.3, 0.4) is 0 Å². The zero-order chi connectivity index (χ0) is 20.0. The van der Waals surface area contributed by atoms with Crippen molar-refractivity contribution in [2.24, 2.45) is 5.92 Å². The molecule has 0 saturated heterocycles. The van der Waals surface area contributed by atoms with Gasteiger partial charge in [0, 0.05) is 18.7 Å². The number of carbonyl (C=O) groups is 1. The number of amides is 1. The van der Waals surface area contributed by atoms with Crippen molar-refractivity contribution in [2.45, 2.75) is 20.4 Å². The van der Waals surface area contributed by atoms with Gasteiger partial charge in [-0.25, -0.2) is 0 Å². The van der Waals surface area contributed by atoms with Gasteiger partial charge in [-0.15, -0.1) is 0 Å². The summed E-state index contributed by atoms with van der Waals surface area (Å²) in [6, 6.07) is 14.1. The maximum atomic E-state index is 12.9. The summed E-state index contributed by atoms with van der Waals surface area (Å²) >= 11 is 0. The summed E-state index contributed by atoms with van der Waals surface area (Å²) in [5, 5.41) is 0. The van der Waals surface area contributed by atoms with E-state index in [9.17, 15) is 13.2 Å². The van der Waals surface area contributed by atoms with Crippen LogP contribution in [0.15, 0.2) is 48.5 Å². The van der Waals surface area contributed by atoms with Gasteiger partial charge in [0.25, 0.3) is 5.91 Å². The summed E-state index contributed by atoms with van der Waals surface area (Å²) in [4.78, 5) is 14.6. The highest BCUT2D eigenvalue weighted by atomic mass is 32.2. The fourth-order valence-corrected chi connectivity index (χ4v) is 3.15. The second kappa shape index (κ2) is 8.90. The van der Waals surface area contributed by atoms with Crippen molar-refractivity contribution in [2.75, 3.05) is 19.9 Å². The van der Waals surface area contributed by atoms with Gasteiger partial charge in [-0.1, -0.05) is 38.1 Å². The number of ether oxygens (including phenoxy) is 1. The first kappa shape index (κ1) is 20.8. The molecular weight excluding hydrogens is 366 g/mol. The minimum absolute atomic E-state index is 0.0781. The van der Waals surface area contributed by atoms with Crippen LogP contribution in [0.2, 0.25) is 0 Å². The lowest BCUT2D eigenvalue weighted by molar-refractivity contribution is 0.0722. The van der Waals surface area contributed by atoms with Gasteiger partial charge in [-0.2, -0.15) is 8.42 Å². The normalized spacial score (nSPS) is 11.3. The molecule has 27 heavy (non-hydrogen) atoms. The van der Waals surface area contributed by atoms with Gasteiger partial charge in [0.2, 0.25) is 0 Å². The van der Waals surface area contributed by atoms with Crippen LogP contribution in [0.1, 0.15) is 29.8 Å². The summed E-state index contributed by atoms with van der Waals surface area (Å²) in [7, 11) is -2.26. The lowest BCUT2D eigenvalue weighted by Gasteiger charge is -2.25. The Morgan fingerprint density at radius 1 is 1.07 bits per heavy atom. The molecular formula is C20H25NO5S. The molecule has 0 saturated carbocycles. The van der Waals surface area contributed by atoms with E-state index in [1.54, 1.807) is 35.2 Å². The van der Waals surface area contributed by atoms with Gasteiger partial charge >= 0.3 is 10.1 Å². The smallest absolute Gasteiger partial charge is 0.306 e. The number of carbonyl (C=O) groups excluding carboxylic acids is 1. The quantitative estimate of drug-likeness (QED) is 0.646. The maximum Gasteiger partial charge on any atom is 0.306 e. The van der Waals surface area contributed by atoms with Gasteiger partial charge < -0.3 is 13.8 Å². The lowest BCUT2D eigenvalue weighted by atomic mass is 10.1. The highest BCUT2D eigenvalue weighted by Crippen LogP contribution is 2.30. The first-order valence-electron chi connectivity index (χ1n) is 8.60. The minimum atomic E-state index is -3.69. The molecule has 2 rings (SSSR count). The fraction of sp³-hybridized carbons (Fsp3) is 0.350. The molecule has 0 spiro atoms. The predicted octanol–water partition coefficient (Wildman–Crippen LogP) is 3.33. The number of nitrogens with zero attached hydrogens (tertiary/aromatic N) is 1. The van der Waals surface area contributed by atoms with E-state index in [-0.39, 0.29) is 17.6 Å². The molecule has 146 valence electrons. The Labute approximate surface area is 160 Å².